The molecule has 0 bridgehead atoms. The van der Waals surface area contributed by atoms with Crippen LogP contribution in [0, 0.1) is 23.4 Å². The molecule has 0 unspecified atom stereocenters. The van der Waals surface area contributed by atoms with Crippen LogP contribution in [0.2, 0.25) is 0 Å². The highest BCUT2D eigenvalue weighted by atomic mass is 19.3. The van der Waals surface area contributed by atoms with Crippen LogP contribution < -0.4 is 0 Å². The average molecular weight is 354 g/mol. The summed E-state index contributed by atoms with van der Waals surface area (Å²) in [6.45, 7) is 2.20. The lowest BCUT2D eigenvalue weighted by molar-refractivity contribution is 0.141. The van der Waals surface area contributed by atoms with Gasteiger partial charge in [-0.3, -0.25) is 0 Å². The summed E-state index contributed by atoms with van der Waals surface area (Å²) >= 11 is 0. The van der Waals surface area contributed by atoms with E-state index in [9.17, 15) is 22.0 Å². The van der Waals surface area contributed by atoms with Gasteiger partial charge in [-0.25, -0.2) is 22.0 Å². The predicted octanol–water partition coefficient (Wildman–Crippen LogP) is 7.00. The van der Waals surface area contributed by atoms with E-state index in [-0.39, 0.29) is 17.0 Å². The number of hydrogen-bond donors (Lipinski definition) is 0. The summed E-state index contributed by atoms with van der Waals surface area (Å²) in [6, 6.07) is 6.14. The molecule has 1 fully saturated rings. The monoisotopic (exact) mass is 354 g/mol. The molecule has 0 N–H and O–H groups in total. The Bertz CT molecular complexity index is 738. The third-order valence-corrected chi connectivity index (χ3v) is 5.09. The van der Waals surface area contributed by atoms with Crippen LogP contribution in [-0.2, 0) is 0 Å². The highest BCUT2D eigenvalue weighted by Gasteiger charge is 2.23. The van der Waals surface area contributed by atoms with Crippen LogP contribution in [0.4, 0.5) is 22.0 Å². The zero-order valence-corrected chi connectivity index (χ0v) is 13.8. The second-order valence-corrected chi connectivity index (χ2v) is 6.85. The van der Waals surface area contributed by atoms with Crippen LogP contribution >= 0.6 is 0 Å². The van der Waals surface area contributed by atoms with Gasteiger partial charge in [0.15, 0.2) is 0 Å². The van der Waals surface area contributed by atoms with Gasteiger partial charge in [0.2, 0.25) is 0 Å². The van der Waals surface area contributed by atoms with Crippen molar-refractivity contribution in [3.63, 3.8) is 0 Å². The molecule has 0 amide bonds. The van der Waals surface area contributed by atoms with Crippen LogP contribution in [-0.4, -0.2) is 0 Å². The van der Waals surface area contributed by atoms with Crippen molar-refractivity contribution in [1.82, 2.24) is 0 Å². The molecule has 1 saturated carbocycles. The van der Waals surface area contributed by atoms with Crippen molar-refractivity contribution in [2.45, 2.75) is 45.0 Å². The minimum atomic E-state index is -3.25. The molecule has 0 aliphatic heterocycles. The van der Waals surface area contributed by atoms with Gasteiger partial charge >= 0.3 is 0 Å². The van der Waals surface area contributed by atoms with Crippen LogP contribution in [0.15, 0.2) is 30.3 Å². The second-order valence-electron chi connectivity index (χ2n) is 6.85. The fraction of sp³-hybridized carbons (Fsp3) is 0.400. The van der Waals surface area contributed by atoms with E-state index in [0.29, 0.717) is 5.92 Å². The number of alkyl halides is 2. The van der Waals surface area contributed by atoms with E-state index < -0.39 is 29.4 Å². The van der Waals surface area contributed by atoms with Gasteiger partial charge in [-0.1, -0.05) is 31.9 Å². The molecular weight excluding hydrogens is 335 g/mol. The minimum absolute atomic E-state index is 0.00606. The molecule has 2 aromatic carbocycles. The Morgan fingerprint density at radius 3 is 1.96 bits per heavy atom. The van der Waals surface area contributed by atoms with E-state index in [4.69, 9.17) is 0 Å². The van der Waals surface area contributed by atoms with E-state index in [2.05, 4.69) is 6.92 Å². The smallest absolute Gasteiger partial charge is 0.206 e. The standard InChI is InChI=1S/C20H19F5/c1-11-2-4-12(5-3-11)13-6-7-15(16(21)8-13)14-9-17(22)19(20(24)25)18(23)10-14/h6-12,20H,2-5H2,1H3. The van der Waals surface area contributed by atoms with E-state index in [1.807, 2.05) is 0 Å². The molecule has 0 atom stereocenters. The van der Waals surface area contributed by atoms with Crippen molar-refractivity contribution in [3.8, 4) is 11.1 Å². The number of rotatable bonds is 3. The Morgan fingerprint density at radius 1 is 0.840 bits per heavy atom. The molecule has 5 heteroatoms. The molecule has 0 radical (unpaired) electrons. The molecule has 1 aliphatic carbocycles. The summed E-state index contributed by atoms with van der Waals surface area (Å²) in [7, 11) is 0. The van der Waals surface area contributed by atoms with Gasteiger partial charge in [-0.05, 0) is 54.0 Å². The molecule has 3 rings (SSSR count). The fourth-order valence-corrected chi connectivity index (χ4v) is 3.56. The van der Waals surface area contributed by atoms with Crippen LogP contribution in [0.1, 0.15) is 56.1 Å². The average Bonchev–Trinajstić information content (AvgIpc) is 2.54. The van der Waals surface area contributed by atoms with E-state index in [0.717, 1.165) is 43.4 Å². The summed E-state index contributed by atoms with van der Waals surface area (Å²) in [4.78, 5) is 0. The van der Waals surface area contributed by atoms with Crippen molar-refractivity contribution in [3.05, 3.63) is 58.9 Å². The Morgan fingerprint density at radius 2 is 1.44 bits per heavy atom. The summed E-state index contributed by atoms with van der Waals surface area (Å²) in [6.07, 6.45) is 0.924. The van der Waals surface area contributed by atoms with Crippen LogP contribution in [0.25, 0.3) is 11.1 Å². The van der Waals surface area contributed by atoms with E-state index in [1.54, 1.807) is 6.07 Å². The zero-order valence-electron chi connectivity index (χ0n) is 13.8. The summed E-state index contributed by atoms with van der Waals surface area (Å²) in [5, 5.41) is 0. The van der Waals surface area contributed by atoms with Crippen molar-refractivity contribution in [2.75, 3.05) is 0 Å². The van der Waals surface area contributed by atoms with Gasteiger partial charge in [0.05, 0.1) is 5.56 Å². The lowest BCUT2D eigenvalue weighted by Gasteiger charge is -2.26. The summed E-state index contributed by atoms with van der Waals surface area (Å²) in [5.74, 6) is -2.36. The Kier molecular flexibility index (Phi) is 5.11. The van der Waals surface area contributed by atoms with Gasteiger partial charge in [-0.2, -0.15) is 0 Å². The maximum Gasteiger partial charge on any atom is 0.269 e. The first-order valence-corrected chi connectivity index (χ1v) is 8.43. The van der Waals surface area contributed by atoms with Crippen molar-refractivity contribution >= 4 is 0 Å². The van der Waals surface area contributed by atoms with Gasteiger partial charge in [0.25, 0.3) is 6.43 Å². The molecule has 0 heterocycles. The van der Waals surface area contributed by atoms with E-state index in [1.165, 1.54) is 12.1 Å². The molecule has 0 aromatic heterocycles. The number of hydrogen-bond acceptors (Lipinski definition) is 0. The van der Waals surface area contributed by atoms with Crippen molar-refractivity contribution < 1.29 is 22.0 Å². The third-order valence-electron chi connectivity index (χ3n) is 5.09. The van der Waals surface area contributed by atoms with Crippen molar-refractivity contribution in [2.24, 2.45) is 5.92 Å². The molecule has 0 saturated heterocycles. The third kappa shape index (κ3) is 3.70. The highest BCUT2D eigenvalue weighted by Crippen LogP contribution is 2.37. The first kappa shape index (κ1) is 17.9. The summed E-state index contributed by atoms with van der Waals surface area (Å²) in [5.41, 5.74) is -0.484. The van der Waals surface area contributed by atoms with Gasteiger partial charge in [0, 0.05) is 5.56 Å². The zero-order chi connectivity index (χ0) is 18.1. The molecule has 2 aromatic rings. The second kappa shape index (κ2) is 7.14. The minimum Gasteiger partial charge on any atom is -0.206 e. The largest absolute Gasteiger partial charge is 0.269 e. The molecular formula is C20H19F5. The maximum atomic E-state index is 14.5. The number of halogens is 5. The topological polar surface area (TPSA) is 0 Å². The molecule has 1 aliphatic rings. The van der Waals surface area contributed by atoms with Crippen LogP contribution in [0.5, 0.6) is 0 Å². The fourth-order valence-electron chi connectivity index (χ4n) is 3.56. The maximum absolute atomic E-state index is 14.5. The lowest BCUT2D eigenvalue weighted by Crippen LogP contribution is -2.11. The van der Waals surface area contributed by atoms with Gasteiger partial charge < -0.3 is 0 Å². The quantitative estimate of drug-likeness (QED) is 0.521. The van der Waals surface area contributed by atoms with E-state index >= 15 is 0 Å². The lowest BCUT2D eigenvalue weighted by atomic mass is 9.79. The van der Waals surface area contributed by atoms with Crippen molar-refractivity contribution in [1.29, 1.82) is 0 Å². The predicted molar refractivity (Wildman–Crippen MR) is 87.1 cm³/mol. The SMILES string of the molecule is CC1CCC(c2ccc(-c3cc(F)c(C(F)F)c(F)c3)c(F)c2)CC1. The summed E-state index contributed by atoms with van der Waals surface area (Å²) < 4.78 is 67.3. The Labute approximate surface area is 143 Å². The molecule has 25 heavy (non-hydrogen) atoms. The Balaban J connectivity index is 1.91. The molecule has 134 valence electrons. The molecule has 0 spiro atoms. The van der Waals surface area contributed by atoms with Gasteiger partial charge in [-0.15, -0.1) is 0 Å². The normalized spacial score (nSPS) is 20.9. The number of benzene rings is 2. The Hall–Kier alpha value is -1.91. The van der Waals surface area contributed by atoms with Gasteiger partial charge in [0.1, 0.15) is 17.5 Å². The molecule has 0 nitrogen and oxygen atoms in total. The first-order valence-electron chi connectivity index (χ1n) is 8.43. The van der Waals surface area contributed by atoms with Crippen LogP contribution in [0.3, 0.4) is 0 Å². The first-order chi connectivity index (χ1) is 11.9. The highest BCUT2D eigenvalue weighted by molar-refractivity contribution is 5.65.